The van der Waals surface area contributed by atoms with Crippen molar-refractivity contribution in [3.8, 4) is 5.75 Å². The van der Waals surface area contributed by atoms with Gasteiger partial charge in [-0.25, -0.2) is 4.42 Å². The van der Waals surface area contributed by atoms with Gasteiger partial charge < -0.3 is 9.64 Å². The first-order chi connectivity index (χ1) is 13.1. The van der Waals surface area contributed by atoms with Crippen molar-refractivity contribution >= 4 is 17.7 Å². The van der Waals surface area contributed by atoms with Gasteiger partial charge in [-0.2, -0.15) is 0 Å². The Hall–Kier alpha value is -2.04. The molecule has 1 fully saturated rings. The molecule has 0 N–H and O–H groups in total. The molecule has 2 aliphatic rings. The van der Waals surface area contributed by atoms with Crippen LogP contribution in [0.5, 0.6) is 5.75 Å². The zero-order valence-corrected chi connectivity index (χ0v) is 16.6. The molecule has 142 valence electrons. The van der Waals surface area contributed by atoms with Gasteiger partial charge in [0.1, 0.15) is 12.4 Å². The second-order valence-corrected chi connectivity index (χ2v) is 7.87. The molecule has 0 saturated carbocycles. The Morgan fingerprint density at radius 3 is 2.70 bits per heavy atom. The third-order valence-electron chi connectivity index (χ3n) is 5.70. The maximum atomic E-state index is 13.3. The van der Waals surface area contributed by atoms with Crippen LogP contribution in [0.1, 0.15) is 39.9 Å². The molecule has 2 aromatic carbocycles. The molecule has 0 bridgehead atoms. The molecule has 0 spiro atoms. The fourth-order valence-electron chi connectivity index (χ4n) is 4.38. The highest BCUT2D eigenvalue weighted by Crippen LogP contribution is 2.40. The lowest BCUT2D eigenvalue weighted by atomic mass is 9.81. The van der Waals surface area contributed by atoms with E-state index in [1.807, 2.05) is 46.6 Å². The van der Waals surface area contributed by atoms with Crippen molar-refractivity contribution in [1.82, 2.24) is 9.32 Å². The lowest BCUT2D eigenvalue weighted by Gasteiger charge is -2.39. The van der Waals surface area contributed by atoms with Gasteiger partial charge in [0.05, 0.1) is 12.6 Å². The number of hydrogen-bond acceptors (Lipinski definition) is 3. The second-order valence-electron chi connectivity index (χ2n) is 7.39. The van der Waals surface area contributed by atoms with E-state index < -0.39 is 0 Å². The number of benzene rings is 2. The predicted molar refractivity (Wildman–Crippen MR) is 107 cm³/mol. The van der Waals surface area contributed by atoms with Gasteiger partial charge in [0.2, 0.25) is 0 Å². The minimum absolute atomic E-state index is 0.105. The lowest BCUT2D eigenvalue weighted by Crippen LogP contribution is -2.50. The molecule has 2 heterocycles. The summed E-state index contributed by atoms with van der Waals surface area (Å²) in [6, 6.07) is 14.2. The number of halogens is 1. The van der Waals surface area contributed by atoms with Gasteiger partial charge in [0.15, 0.2) is 0 Å². The van der Waals surface area contributed by atoms with E-state index in [-0.39, 0.29) is 17.9 Å². The molecule has 0 unspecified atom stereocenters. The number of hydrogen-bond donors (Lipinski definition) is 0. The molecule has 2 atom stereocenters. The Labute approximate surface area is 165 Å². The van der Waals surface area contributed by atoms with Crippen molar-refractivity contribution in [1.29, 1.82) is 0 Å². The summed E-state index contributed by atoms with van der Waals surface area (Å²) in [5.41, 5.74) is 4.38. The minimum Gasteiger partial charge on any atom is -0.492 e. The monoisotopic (exact) mass is 384 g/mol. The summed E-state index contributed by atoms with van der Waals surface area (Å²) in [5, 5.41) is 0. The van der Waals surface area contributed by atoms with Crippen LogP contribution < -0.4 is 4.74 Å². The number of ether oxygens (including phenoxy) is 1. The van der Waals surface area contributed by atoms with Crippen molar-refractivity contribution < 1.29 is 9.53 Å². The van der Waals surface area contributed by atoms with E-state index in [1.54, 1.807) is 0 Å². The van der Waals surface area contributed by atoms with E-state index in [0.717, 1.165) is 29.8 Å². The number of nitrogens with zero attached hydrogens (tertiary/aromatic N) is 2. The number of carbonyl (C=O) groups is 1. The van der Waals surface area contributed by atoms with Gasteiger partial charge in [0.25, 0.3) is 5.91 Å². The maximum Gasteiger partial charge on any atom is 0.254 e. The third-order valence-corrected chi connectivity index (χ3v) is 5.97. The zero-order chi connectivity index (χ0) is 19.0. The fraction of sp³-hybridized carbons (Fsp3) is 0.409. The van der Waals surface area contributed by atoms with Gasteiger partial charge >= 0.3 is 0 Å². The minimum atomic E-state index is 0.105. The molecule has 1 amide bonds. The highest BCUT2D eigenvalue weighted by Gasteiger charge is 2.45. The summed E-state index contributed by atoms with van der Waals surface area (Å²) >= 11 is 6.37. The molecular formula is C22H25ClN2O2. The van der Waals surface area contributed by atoms with Crippen LogP contribution in [0.2, 0.25) is 0 Å². The zero-order valence-electron chi connectivity index (χ0n) is 15.8. The third kappa shape index (κ3) is 3.44. The smallest absolute Gasteiger partial charge is 0.254 e. The molecule has 2 aliphatic heterocycles. The van der Waals surface area contributed by atoms with E-state index >= 15 is 0 Å². The molecule has 0 aromatic heterocycles. The number of rotatable bonds is 5. The number of carbonyl (C=O) groups excluding carboxylic acids is 1. The first-order valence-electron chi connectivity index (χ1n) is 9.61. The summed E-state index contributed by atoms with van der Waals surface area (Å²) in [6.45, 7) is 6.70. The highest BCUT2D eigenvalue weighted by atomic mass is 35.5. The van der Waals surface area contributed by atoms with Crippen LogP contribution in [0.3, 0.4) is 0 Å². The topological polar surface area (TPSA) is 32.8 Å². The van der Waals surface area contributed by atoms with E-state index in [9.17, 15) is 4.79 Å². The Balaban J connectivity index is 1.60. The highest BCUT2D eigenvalue weighted by molar-refractivity contribution is 6.13. The quantitative estimate of drug-likeness (QED) is 0.730. The van der Waals surface area contributed by atoms with Gasteiger partial charge in [-0.3, -0.25) is 4.79 Å². The molecule has 5 heteroatoms. The van der Waals surface area contributed by atoms with Crippen LogP contribution in [0.25, 0.3) is 0 Å². The first-order valence-corrected chi connectivity index (χ1v) is 9.95. The van der Waals surface area contributed by atoms with Crippen LogP contribution in [-0.4, -0.2) is 47.5 Å². The molecule has 2 aromatic rings. The summed E-state index contributed by atoms with van der Waals surface area (Å²) in [5.74, 6) is 1.19. The summed E-state index contributed by atoms with van der Waals surface area (Å²) < 4.78 is 7.66. The van der Waals surface area contributed by atoms with Crippen LogP contribution in [-0.2, 0) is 6.42 Å². The average Bonchev–Trinajstić information content (AvgIpc) is 3.06. The molecule has 4 rings (SSSR count). The Morgan fingerprint density at radius 1 is 1.19 bits per heavy atom. The SMILES string of the molecule is CCc1cc(C)c2c(c1)[C@H]1CN(Cl)C[C@@H]1N(CCOc1ccccc1)C2=O. The first kappa shape index (κ1) is 18.3. The van der Waals surface area contributed by atoms with Crippen LogP contribution in [0.4, 0.5) is 0 Å². The number of aryl methyl sites for hydroxylation is 2. The van der Waals surface area contributed by atoms with Gasteiger partial charge in [-0.05, 0) is 53.9 Å². The molecule has 4 nitrogen and oxygen atoms in total. The fourth-order valence-corrected chi connectivity index (χ4v) is 4.67. The van der Waals surface area contributed by atoms with Crippen molar-refractivity contribution in [2.75, 3.05) is 26.2 Å². The maximum absolute atomic E-state index is 13.3. The standard InChI is InChI=1S/C22H25ClN2O2/c1-3-16-11-15(2)21-18(12-16)19-13-24(23)14-20(19)25(22(21)26)9-10-27-17-7-5-4-6-8-17/h4-8,11-12,19-20H,3,9-10,13-14H2,1-2H3/t19-,20+/m1/s1. The lowest BCUT2D eigenvalue weighted by molar-refractivity contribution is 0.0610. The second kappa shape index (κ2) is 7.53. The number of fused-ring (bicyclic) bond motifs is 3. The molecular weight excluding hydrogens is 360 g/mol. The van der Waals surface area contributed by atoms with E-state index in [2.05, 4.69) is 19.1 Å². The van der Waals surface area contributed by atoms with E-state index in [0.29, 0.717) is 19.7 Å². The molecule has 27 heavy (non-hydrogen) atoms. The van der Waals surface area contributed by atoms with E-state index in [1.165, 1.54) is 11.1 Å². The summed E-state index contributed by atoms with van der Waals surface area (Å²) in [4.78, 5) is 15.3. The molecule has 1 saturated heterocycles. The van der Waals surface area contributed by atoms with Crippen molar-refractivity contribution in [3.63, 3.8) is 0 Å². The van der Waals surface area contributed by atoms with Crippen molar-refractivity contribution in [3.05, 3.63) is 64.7 Å². The average molecular weight is 385 g/mol. The molecule has 0 radical (unpaired) electrons. The summed E-state index contributed by atoms with van der Waals surface area (Å²) in [6.07, 6.45) is 0.971. The Bertz CT molecular complexity index is 840. The number of para-hydroxylation sites is 1. The van der Waals surface area contributed by atoms with Crippen molar-refractivity contribution in [2.24, 2.45) is 0 Å². The van der Waals surface area contributed by atoms with E-state index in [4.69, 9.17) is 16.5 Å². The summed E-state index contributed by atoms with van der Waals surface area (Å²) in [7, 11) is 0. The molecule has 0 aliphatic carbocycles. The van der Waals surface area contributed by atoms with Gasteiger partial charge in [-0.1, -0.05) is 37.3 Å². The Morgan fingerprint density at radius 2 is 1.96 bits per heavy atom. The number of amides is 1. The largest absolute Gasteiger partial charge is 0.492 e. The normalized spacial score (nSPS) is 21.9. The van der Waals surface area contributed by atoms with Crippen LogP contribution in [0.15, 0.2) is 42.5 Å². The predicted octanol–water partition coefficient (Wildman–Crippen LogP) is 4.01. The van der Waals surface area contributed by atoms with Crippen LogP contribution in [0, 0.1) is 6.92 Å². The van der Waals surface area contributed by atoms with Crippen LogP contribution >= 0.6 is 11.8 Å². The van der Waals surface area contributed by atoms with Crippen molar-refractivity contribution in [2.45, 2.75) is 32.2 Å². The van der Waals surface area contributed by atoms with Gasteiger partial charge in [-0.15, -0.1) is 0 Å². The Kier molecular flexibility index (Phi) is 5.11. The van der Waals surface area contributed by atoms with Gasteiger partial charge in [0, 0.05) is 24.6 Å².